The zero-order chi connectivity index (χ0) is 13.8. The summed E-state index contributed by atoms with van der Waals surface area (Å²) in [6.07, 6.45) is 0.0191. The van der Waals surface area contributed by atoms with Gasteiger partial charge < -0.3 is 14.9 Å². The van der Waals surface area contributed by atoms with Crippen LogP contribution in [0.15, 0.2) is 18.2 Å². The van der Waals surface area contributed by atoms with E-state index in [2.05, 4.69) is 0 Å². The third-order valence-corrected chi connectivity index (χ3v) is 3.57. The van der Waals surface area contributed by atoms with E-state index in [-0.39, 0.29) is 18.2 Å². The number of hydrogen-bond donors (Lipinski definition) is 2. The van der Waals surface area contributed by atoms with Gasteiger partial charge in [-0.05, 0) is 12.1 Å². The summed E-state index contributed by atoms with van der Waals surface area (Å²) in [6.45, 7) is 1.99. The number of nitrogens with zero attached hydrogens (tertiary/aromatic N) is 1. The molecule has 0 bridgehead atoms. The maximum absolute atomic E-state index is 10.8. The summed E-state index contributed by atoms with van der Waals surface area (Å²) < 4.78 is 5.31. The maximum Gasteiger partial charge on any atom is 0.305 e. The number of aliphatic carboxylic acids is 1. The summed E-state index contributed by atoms with van der Waals surface area (Å²) in [7, 11) is 0. The monoisotopic (exact) mass is 285 g/mol. The molecule has 2 rings (SSSR count). The van der Waals surface area contributed by atoms with Crippen LogP contribution in [0, 0.1) is 0 Å². The van der Waals surface area contributed by atoms with Gasteiger partial charge in [-0.1, -0.05) is 17.7 Å². The van der Waals surface area contributed by atoms with E-state index >= 15 is 0 Å². The Kier molecular flexibility index (Phi) is 4.63. The Morgan fingerprint density at radius 1 is 1.53 bits per heavy atom. The third kappa shape index (κ3) is 3.59. The van der Waals surface area contributed by atoms with Crippen molar-refractivity contribution in [1.82, 2.24) is 4.90 Å². The summed E-state index contributed by atoms with van der Waals surface area (Å²) in [5.41, 5.74) is 0.626. The van der Waals surface area contributed by atoms with E-state index in [1.807, 2.05) is 4.90 Å². The Bertz CT molecular complexity index is 446. The molecule has 1 heterocycles. The topological polar surface area (TPSA) is 70.0 Å². The largest absolute Gasteiger partial charge is 0.508 e. The molecule has 5 nitrogen and oxygen atoms in total. The number of phenolic OH excluding ortho intramolecular Hbond substituents is 1. The summed E-state index contributed by atoms with van der Waals surface area (Å²) in [5.74, 6) is -0.725. The number of hydrogen-bond acceptors (Lipinski definition) is 4. The molecule has 6 heteroatoms. The van der Waals surface area contributed by atoms with E-state index < -0.39 is 5.97 Å². The Morgan fingerprint density at radius 2 is 2.32 bits per heavy atom. The highest BCUT2D eigenvalue weighted by Gasteiger charge is 2.26. The van der Waals surface area contributed by atoms with Crippen LogP contribution in [-0.4, -0.2) is 46.9 Å². The van der Waals surface area contributed by atoms with E-state index in [9.17, 15) is 9.90 Å². The zero-order valence-electron chi connectivity index (χ0n) is 10.4. The minimum Gasteiger partial charge on any atom is -0.508 e. The van der Waals surface area contributed by atoms with Gasteiger partial charge in [-0.25, -0.2) is 0 Å². The minimum absolute atomic E-state index is 0.0191. The quantitative estimate of drug-likeness (QED) is 0.881. The molecule has 1 unspecified atom stereocenters. The average molecular weight is 286 g/mol. The van der Waals surface area contributed by atoms with Crippen LogP contribution in [-0.2, 0) is 16.1 Å². The van der Waals surface area contributed by atoms with Gasteiger partial charge >= 0.3 is 5.97 Å². The summed E-state index contributed by atoms with van der Waals surface area (Å²) in [6, 6.07) is 4.77. The number of benzene rings is 1. The van der Waals surface area contributed by atoms with E-state index in [0.717, 1.165) is 0 Å². The smallest absolute Gasteiger partial charge is 0.305 e. The Labute approximate surface area is 116 Å². The SMILES string of the molecule is O=C(O)CC1COCCN1Cc1c(O)cccc1Cl. The van der Waals surface area contributed by atoms with Crippen LogP contribution in [0.1, 0.15) is 12.0 Å². The molecule has 19 heavy (non-hydrogen) atoms. The van der Waals surface area contributed by atoms with E-state index in [0.29, 0.717) is 36.9 Å². The molecule has 1 aromatic rings. The van der Waals surface area contributed by atoms with Crippen LogP contribution in [0.25, 0.3) is 0 Å². The van der Waals surface area contributed by atoms with Gasteiger partial charge in [-0.15, -0.1) is 0 Å². The number of aromatic hydroxyl groups is 1. The Morgan fingerprint density at radius 3 is 3.00 bits per heavy atom. The normalized spacial score (nSPS) is 20.4. The first-order valence-electron chi connectivity index (χ1n) is 6.08. The number of halogens is 1. The van der Waals surface area contributed by atoms with E-state index in [1.54, 1.807) is 18.2 Å². The fourth-order valence-corrected chi connectivity index (χ4v) is 2.42. The lowest BCUT2D eigenvalue weighted by atomic mass is 10.1. The second kappa shape index (κ2) is 6.23. The minimum atomic E-state index is -0.858. The van der Waals surface area contributed by atoms with Gasteiger partial charge in [0.05, 0.1) is 19.6 Å². The molecule has 0 radical (unpaired) electrons. The molecule has 1 aliphatic heterocycles. The molecule has 1 aliphatic rings. The van der Waals surface area contributed by atoms with E-state index in [1.165, 1.54) is 0 Å². The number of phenols is 1. The van der Waals surface area contributed by atoms with Crippen molar-refractivity contribution in [2.45, 2.75) is 19.0 Å². The van der Waals surface area contributed by atoms with Crippen LogP contribution >= 0.6 is 11.6 Å². The van der Waals surface area contributed by atoms with Gasteiger partial charge in [-0.2, -0.15) is 0 Å². The lowest BCUT2D eigenvalue weighted by molar-refractivity contribution is -0.140. The fraction of sp³-hybridized carbons (Fsp3) is 0.462. The standard InChI is InChI=1S/C13H16ClNO4/c14-11-2-1-3-12(16)10(11)7-15-4-5-19-8-9(15)6-13(17)18/h1-3,9,16H,4-8H2,(H,17,18). The molecule has 0 amide bonds. The number of carboxylic acids is 1. The first-order valence-corrected chi connectivity index (χ1v) is 6.45. The van der Waals surface area contributed by atoms with Crippen molar-refractivity contribution in [3.63, 3.8) is 0 Å². The van der Waals surface area contributed by atoms with Crippen molar-refractivity contribution in [1.29, 1.82) is 0 Å². The van der Waals surface area contributed by atoms with Crippen LogP contribution in [0.2, 0.25) is 5.02 Å². The lowest BCUT2D eigenvalue weighted by Crippen LogP contribution is -2.45. The molecule has 0 spiro atoms. The van der Waals surface area contributed by atoms with Crippen LogP contribution in [0.4, 0.5) is 0 Å². The second-order valence-electron chi connectivity index (χ2n) is 4.53. The zero-order valence-corrected chi connectivity index (χ0v) is 11.1. The maximum atomic E-state index is 10.8. The Balaban J connectivity index is 2.13. The van der Waals surface area contributed by atoms with Crippen molar-refractivity contribution in [3.8, 4) is 5.75 Å². The molecule has 1 fully saturated rings. The molecule has 0 aromatic heterocycles. The van der Waals surface area contributed by atoms with Gasteiger partial charge in [-0.3, -0.25) is 9.69 Å². The van der Waals surface area contributed by atoms with Crippen molar-refractivity contribution in [2.24, 2.45) is 0 Å². The lowest BCUT2D eigenvalue weighted by Gasteiger charge is -2.35. The highest BCUT2D eigenvalue weighted by atomic mass is 35.5. The van der Waals surface area contributed by atoms with Crippen molar-refractivity contribution in [2.75, 3.05) is 19.8 Å². The molecule has 104 valence electrons. The molecular formula is C13H16ClNO4. The molecule has 2 N–H and O–H groups in total. The highest BCUT2D eigenvalue weighted by molar-refractivity contribution is 6.31. The molecule has 1 aromatic carbocycles. The molecule has 1 saturated heterocycles. The molecule has 1 atom stereocenters. The summed E-state index contributed by atoms with van der Waals surface area (Å²) in [4.78, 5) is 12.8. The van der Waals surface area contributed by atoms with Crippen molar-refractivity contribution < 1.29 is 19.7 Å². The second-order valence-corrected chi connectivity index (χ2v) is 4.94. The number of rotatable bonds is 4. The van der Waals surface area contributed by atoms with Crippen LogP contribution in [0.5, 0.6) is 5.75 Å². The molecule has 0 saturated carbocycles. The number of morpholine rings is 1. The third-order valence-electron chi connectivity index (χ3n) is 3.22. The predicted octanol–water partition coefficient (Wildman–Crippen LogP) is 1.72. The summed E-state index contributed by atoms with van der Waals surface area (Å²) in [5, 5.41) is 19.2. The number of carboxylic acid groups (broad SMARTS) is 1. The predicted molar refractivity (Wildman–Crippen MR) is 70.4 cm³/mol. The highest BCUT2D eigenvalue weighted by Crippen LogP contribution is 2.28. The van der Waals surface area contributed by atoms with Crippen LogP contribution in [0.3, 0.4) is 0 Å². The van der Waals surface area contributed by atoms with Gasteiger partial charge in [0, 0.05) is 29.7 Å². The number of ether oxygens (including phenoxy) is 1. The molecular weight excluding hydrogens is 270 g/mol. The van der Waals surface area contributed by atoms with Crippen molar-refractivity contribution in [3.05, 3.63) is 28.8 Å². The van der Waals surface area contributed by atoms with Gasteiger partial charge in [0.15, 0.2) is 0 Å². The number of carbonyl (C=O) groups is 1. The van der Waals surface area contributed by atoms with Gasteiger partial charge in [0.2, 0.25) is 0 Å². The molecule has 0 aliphatic carbocycles. The average Bonchev–Trinajstić information content (AvgIpc) is 2.35. The fourth-order valence-electron chi connectivity index (χ4n) is 2.19. The van der Waals surface area contributed by atoms with Gasteiger partial charge in [0.25, 0.3) is 0 Å². The van der Waals surface area contributed by atoms with Crippen molar-refractivity contribution >= 4 is 17.6 Å². The van der Waals surface area contributed by atoms with E-state index in [4.69, 9.17) is 21.4 Å². The first kappa shape index (κ1) is 14.1. The van der Waals surface area contributed by atoms with Crippen LogP contribution < -0.4 is 0 Å². The summed E-state index contributed by atoms with van der Waals surface area (Å²) >= 11 is 6.07. The van der Waals surface area contributed by atoms with Gasteiger partial charge in [0.1, 0.15) is 5.75 Å². The first-order chi connectivity index (χ1) is 9.08. The Hall–Kier alpha value is -1.30.